The fourth-order valence-electron chi connectivity index (χ4n) is 2.79. The minimum atomic E-state index is -0.908. The van der Waals surface area contributed by atoms with E-state index in [1.54, 1.807) is 16.2 Å². The molecule has 1 unspecified atom stereocenters. The molecule has 1 aromatic heterocycles. The first-order valence-corrected chi connectivity index (χ1v) is 8.07. The molecule has 1 saturated heterocycles. The molecule has 1 aliphatic heterocycles. The van der Waals surface area contributed by atoms with Gasteiger partial charge < -0.3 is 14.7 Å². The molecule has 1 atom stereocenters. The second-order valence-corrected chi connectivity index (χ2v) is 6.26. The Labute approximate surface area is 132 Å². The van der Waals surface area contributed by atoms with Gasteiger partial charge in [0.05, 0.1) is 32.1 Å². The van der Waals surface area contributed by atoms with Crippen LogP contribution >= 0.6 is 11.3 Å². The molecule has 3 rings (SSSR count). The number of hydrogen-bond donors (Lipinski definition) is 1. The number of rotatable bonds is 4. The van der Waals surface area contributed by atoms with Gasteiger partial charge in [0.25, 0.3) is 0 Å². The number of carboxylic acids is 1. The molecule has 22 heavy (non-hydrogen) atoms. The molecule has 2 aromatic rings. The summed E-state index contributed by atoms with van der Waals surface area (Å²) in [5.74, 6) is -0.938. The van der Waals surface area contributed by atoms with Gasteiger partial charge in [-0.05, 0) is 22.4 Å². The zero-order valence-electron chi connectivity index (χ0n) is 12.0. The molecule has 0 aliphatic carbocycles. The number of carbonyl (C=O) groups excluding carboxylic acids is 1. The quantitative estimate of drug-likeness (QED) is 0.937. The molecule has 1 N–H and O–H groups in total. The maximum Gasteiger partial charge on any atom is 0.305 e. The van der Waals surface area contributed by atoms with Gasteiger partial charge in [-0.25, -0.2) is 0 Å². The molecular formula is C16H17NO4S. The second-order valence-electron chi connectivity index (χ2n) is 5.35. The van der Waals surface area contributed by atoms with Crippen molar-refractivity contribution in [1.82, 2.24) is 4.90 Å². The first-order valence-electron chi connectivity index (χ1n) is 7.19. The molecule has 0 radical (unpaired) electrons. The number of fused-ring (bicyclic) bond motifs is 1. The van der Waals surface area contributed by atoms with Crippen LogP contribution < -0.4 is 0 Å². The highest BCUT2D eigenvalue weighted by atomic mass is 32.1. The van der Waals surface area contributed by atoms with Crippen LogP contribution in [0.5, 0.6) is 0 Å². The number of ether oxygens (including phenoxy) is 1. The summed E-state index contributed by atoms with van der Waals surface area (Å²) < 4.78 is 6.48. The minimum Gasteiger partial charge on any atom is -0.481 e. The van der Waals surface area contributed by atoms with Crippen molar-refractivity contribution in [2.24, 2.45) is 0 Å². The van der Waals surface area contributed by atoms with Crippen molar-refractivity contribution >= 4 is 33.3 Å². The van der Waals surface area contributed by atoms with Crippen molar-refractivity contribution in [3.05, 3.63) is 35.2 Å². The minimum absolute atomic E-state index is 0.0295. The van der Waals surface area contributed by atoms with Crippen LogP contribution in [0.3, 0.4) is 0 Å². The number of nitrogens with zero attached hydrogens (tertiary/aromatic N) is 1. The summed E-state index contributed by atoms with van der Waals surface area (Å²) in [5.41, 5.74) is 1.01. The molecule has 1 aliphatic rings. The number of amides is 1. The largest absolute Gasteiger partial charge is 0.481 e. The van der Waals surface area contributed by atoms with Gasteiger partial charge in [-0.15, -0.1) is 11.3 Å². The Bertz CT molecular complexity index is 696. The van der Waals surface area contributed by atoms with Crippen molar-refractivity contribution in [2.75, 3.05) is 19.8 Å². The third-order valence-electron chi connectivity index (χ3n) is 3.86. The summed E-state index contributed by atoms with van der Waals surface area (Å²) in [6.45, 7) is 1.22. The van der Waals surface area contributed by atoms with E-state index >= 15 is 0 Å². The average Bonchev–Trinajstić information content (AvgIpc) is 2.90. The molecule has 0 spiro atoms. The molecule has 5 nitrogen and oxygen atoms in total. The highest BCUT2D eigenvalue weighted by Crippen LogP contribution is 2.26. The first kappa shape index (κ1) is 15.0. The van der Waals surface area contributed by atoms with E-state index < -0.39 is 5.97 Å². The van der Waals surface area contributed by atoms with Crippen LogP contribution in [0.25, 0.3) is 10.1 Å². The van der Waals surface area contributed by atoms with Crippen molar-refractivity contribution in [3.63, 3.8) is 0 Å². The molecule has 0 saturated carbocycles. The second kappa shape index (κ2) is 6.46. The fraction of sp³-hybridized carbons (Fsp3) is 0.375. The van der Waals surface area contributed by atoms with Crippen molar-refractivity contribution in [2.45, 2.75) is 18.9 Å². The van der Waals surface area contributed by atoms with Gasteiger partial charge in [0.1, 0.15) is 0 Å². The monoisotopic (exact) mass is 319 g/mol. The predicted octanol–water partition coefficient (Wildman–Crippen LogP) is 2.15. The SMILES string of the molecule is O=C(O)CC1COCCN1C(=O)Cc1csc2ccccc12. The van der Waals surface area contributed by atoms with Crippen LogP contribution in [0.2, 0.25) is 0 Å². The Kier molecular flexibility index (Phi) is 4.40. The fourth-order valence-corrected chi connectivity index (χ4v) is 3.75. The van der Waals surface area contributed by atoms with Gasteiger partial charge in [0, 0.05) is 11.2 Å². The number of aliphatic carboxylic acids is 1. The maximum atomic E-state index is 12.6. The van der Waals surface area contributed by atoms with Crippen molar-refractivity contribution in [1.29, 1.82) is 0 Å². The van der Waals surface area contributed by atoms with Crippen LogP contribution in [0.15, 0.2) is 29.6 Å². The lowest BCUT2D eigenvalue weighted by atomic mass is 10.1. The van der Waals surface area contributed by atoms with Crippen LogP contribution in [-0.2, 0) is 20.7 Å². The molecule has 116 valence electrons. The number of morpholine rings is 1. The van der Waals surface area contributed by atoms with E-state index in [0.717, 1.165) is 15.6 Å². The molecule has 0 bridgehead atoms. The maximum absolute atomic E-state index is 12.6. The normalized spacial score (nSPS) is 18.5. The van der Waals surface area contributed by atoms with Crippen LogP contribution in [-0.4, -0.2) is 47.7 Å². The Hall–Kier alpha value is -1.92. The zero-order valence-corrected chi connectivity index (χ0v) is 12.8. The van der Waals surface area contributed by atoms with Crippen LogP contribution in [0.1, 0.15) is 12.0 Å². The van der Waals surface area contributed by atoms with Gasteiger partial charge in [0.2, 0.25) is 5.91 Å². The molecular weight excluding hydrogens is 302 g/mol. The first-order chi connectivity index (χ1) is 10.6. The summed E-state index contributed by atoms with van der Waals surface area (Å²) in [7, 11) is 0. The number of carbonyl (C=O) groups is 2. The summed E-state index contributed by atoms with van der Waals surface area (Å²) >= 11 is 1.62. The number of benzene rings is 1. The Morgan fingerprint density at radius 2 is 2.18 bits per heavy atom. The van der Waals surface area contributed by atoms with E-state index in [1.165, 1.54) is 0 Å². The third-order valence-corrected chi connectivity index (χ3v) is 4.87. The highest BCUT2D eigenvalue weighted by Gasteiger charge is 2.29. The topological polar surface area (TPSA) is 66.8 Å². The summed E-state index contributed by atoms with van der Waals surface area (Å²) in [4.78, 5) is 25.2. The van der Waals surface area contributed by atoms with E-state index in [0.29, 0.717) is 26.2 Å². The van der Waals surface area contributed by atoms with E-state index in [-0.39, 0.29) is 18.4 Å². The van der Waals surface area contributed by atoms with Crippen LogP contribution in [0.4, 0.5) is 0 Å². The summed E-state index contributed by atoms with van der Waals surface area (Å²) in [6, 6.07) is 7.63. The molecule has 1 aromatic carbocycles. The molecule has 1 amide bonds. The van der Waals surface area contributed by atoms with Gasteiger partial charge in [-0.1, -0.05) is 18.2 Å². The van der Waals surface area contributed by atoms with E-state index in [4.69, 9.17) is 9.84 Å². The molecule has 1 fully saturated rings. The predicted molar refractivity (Wildman–Crippen MR) is 84.1 cm³/mol. The Morgan fingerprint density at radius 3 is 3.00 bits per heavy atom. The average molecular weight is 319 g/mol. The van der Waals surface area contributed by atoms with Gasteiger partial charge in [0.15, 0.2) is 0 Å². The smallest absolute Gasteiger partial charge is 0.305 e. The highest BCUT2D eigenvalue weighted by molar-refractivity contribution is 7.17. The summed E-state index contributed by atoms with van der Waals surface area (Å²) in [6.07, 6.45) is 0.232. The Balaban J connectivity index is 1.76. The number of hydrogen-bond acceptors (Lipinski definition) is 4. The van der Waals surface area contributed by atoms with Crippen molar-refractivity contribution in [3.8, 4) is 0 Å². The molecule has 2 heterocycles. The van der Waals surface area contributed by atoms with Crippen LogP contribution in [0, 0.1) is 0 Å². The number of carboxylic acid groups (broad SMARTS) is 1. The van der Waals surface area contributed by atoms with E-state index in [1.807, 2.05) is 29.6 Å². The van der Waals surface area contributed by atoms with E-state index in [2.05, 4.69) is 0 Å². The Morgan fingerprint density at radius 1 is 1.36 bits per heavy atom. The van der Waals surface area contributed by atoms with Gasteiger partial charge in [-0.3, -0.25) is 9.59 Å². The standard InChI is InChI=1S/C16H17NO4S/c18-15(17-5-6-21-9-12(17)8-16(19)20)7-11-10-22-14-4-2-1-3-13(11)14/h1-4,10,12H,5-9H2,(H,19,20). The van der Waals surface area contributed by atoms with Gasteiger partial charge >= 0.3 is 5.97 Å². The lowest BCUT2D eigenvalue weighted by Gasteiger charge is -2.34. The van der Waals surface area contributed by atoms with Gasteiger partial charge in [-0.2, -0.15) is 0 Å². The van der Waals surface area contributed by atoms with Crippen molar-refractivity contribution < 1.29 is 19.4 Å². The lowest BCUT2D eigenvalue weighted by Crippen LogP contribution is -2.50. The third kappa shape index (κ3) is 3.13. The molecule has 6 heteroatoms. The number of thiophene rings is 1. The summed E-state index contributed by atoms with van der Waals surface area (Å²) in [5, 5.41) is 12.1. The van der Waals surface area contributed by atoms with E-state index in [9.17, 15) is 9.59 Å². The lowest BCUT2D eigenvalue weighted by molar-refractivity contribution is -0.145. The zero-order chi connectivity index (χ0) is 15.5.